The summed E-state index contributed by atoms with van der Waals surface area (Å²) >= 11 is 5.86. The molecule has 0 radical (unpaired) electrons. The van der Waals surface area contributed by atoms with E-state index in [-0.39, 0.29) is 18.0 Å². The van der Waals surface area contributed by atoms with Crippen LogP contribution in [0.15, 0.2) is 0 Å². The number of nitrogens with one attached hydrogen (secondary N) is 2. The van der Waals surface area contributed by atoms with Crippen LogP contribution in [0.5, 0.6) is 0 Å². The van der Waals surface area contributed by atoms with Crippen molar-refractivity contribution in [2.45, 2.75) is 40.2 Å². The molecule has 2 N–H and O–H groups in total. The fraction of sp³-hybridized carbons (Fsp3) is 0.583. The first-order valence-corrected chi connectivity index (χ1v) is 6.13. The molecule has 0 unspecified atom stereocenters. The summed E-state index contributed by atoms with van der Waals surface area (Å²) in [6.07, 6.45) is 0. The molecule has 1 aromatic rings. The molecule has 6 heteroatoms. The van der Waals surface area contributed by atoms with Gasteiger partial charge >= 0.3 is 0 Å². The Morgan fingerprint density at radius 1 is 1.22 bits per heavy atom. The molecular formula is C12H19ClN4O. The average molecular weight is 271 g/mol. The van der Waals surface area contributed by atoms with Crippen molar-refractivity contribution < 1.29 is 4.79 Å². The highest BCUT2D eigenvalue weighted by Crippen LogP contribution is 2.20. The van der Waals surface area contributed by atoms with E-state index in [0.29, 0.717) is 11.0 Å². The highest BCUT2D eigenvalue weighted by molar-refractivity contribution is 6.30. The molecule has 0 saturated heterocycles. The molecule has 1 rings (SSSR count). The van der Waals surface area contributed by atoms with Gasteiger partial charge in [0.15, 0.2) is 11.0 Å². The third kappa shape index (κ3) is 4.14. The van der Waals surface area contributed by atoms with Crippen molar-refractivity contribution >= 4 is 23.3 Å². The Morgan fingerprint density at radius 3 is 2.39 bits per heavy atom. The van der Waals surface area contributed by atoms with E-state index in [9.17, 15) is 4.79 Å². The van der Waals surface area contributed by atoms with Crippen LogP contribution in [0.1, 0.15) is 31.9 Å². The van der Waals surface area contributed by atoms with Gasteiger partial charge in [0.2, 0.25) is 5.91 Å². The minimum Gasteiger partial charge on any atom is -0.359 e. The number of carbonyl (C=O) groups is 1. The second-order valence-corrected chi connectivity index (χ2v) is 5.60. The lowest BCUT2D eigenvalue weighted by Gasteiger charge is -2.20. The standard InChI is InChI=1S/C12H19ClN4O/c1-7-8(2)11(17-16-10(7)13)14-6-9(18)15-12(3,4)5/h6H2,1-5H3,(H,14,17)(H,15,18). The number of rotatable bonds is 3. The molecule has 18 heavy (non-hydrogen) atoms. The Labute approximate surface area is 112 Å². The fourth-order valence-corrected chi connectivity index (χ4v) is 1.55. The summed E-state index contributed by atoms with van der Waals surface area (Å²) in [5.74, 6) is 0.497. The van der Waals surface area contributed by atoms with Crippen LogP contribution in [0.4, 0.5) is 5.82 Å². The second-order valence-electron chi connectivity index (χ2n) is 5.24. The molecule has 0 bridgehead atoms. The monoisotopic (exact) mass is 270 g/mol. The van der Waals surface area contributed by atoms with Crippen molar-refractivity contribution in [2.75, 3.05) is 11.9 Å². The molecule has 0 spiro atoms. The fourth-order valence-electron chi connectivity index (χ4n) is 1.37. The average Bonchev–Trinajstić information content (AvgIpc) is 2.22. The van der Waals surface area contributed by atoms with E-state index >= 15 is 0 Å². The zero-order valence-corrected chi connectivity index (χ0v) is 12.1. The molecule has 5 nitrogen and oxygen atoms in total. The molecule has 0 saturated carbocycles. The molecule has 1 amide bonds. The van der Waals surface area contributed by atoms with Gasteiger partial charge in [-0.2, -0.15) is 0 Å². The summed E-state index contributed by atoms with van der Waals surface area (Å²) in [6, 6.07) is 0. The molecule has 0 aliphatic carbocycles. The summed E-state index contributed by atoms with van der Waals surface area (Å²) in [6.45, 7) is 9.72. The van der Waals surface area contributed by atoms with Crippen molar-refractivity contribution in [3.63, 3.8) is 0 Å². The van der Waals surface area contributed by atoms with Crippen LogP contribution in [0.3, 0.4) is 0 Å². The maximum Gasteiger partial charge on any atom is 0.239 e. The maximum absolute atomic E-state index is 11.6. The third-order valence-electron chi connectivity index (χ3n) is 2.40. The van der Waals surface area contributed by atoms with Gasteiger partial charge in [0.25, 0.3) is 0 Å². The maximum atomic E-state index is 11.6. The Bertz CT molecular complexity index is 454. The van der Waals surface area contributed by atoms with Gasteiger partial charge in [0.05, 0.1) is 6.54 Å². The van der Waals surface area contributed by atoms with Crippen LogP contribution in [0.2, 0.25) is 5.15 Å². The highest BCUT2D eigenvalue weighted by Gasteiger charge is 2.14. The van der Waals surface area contributed by atoms with Crippen molar-refractivity contribution in [1.29, 1.82) is 0 Å². The van der Waals surface area contributed by atoms with E-state index in [1.165, 1.54) is 0 Å². The number of amides is 1. The third-order valence-corrected chi connectivity index (χ3v) is 2.75. The zero-order chi connectivity index (χ0) is 13.9. The minimum atomic E-state index is -0.241. The van der Waals surface area contributed by atoms with Crippen LogP contribution in [0.25, 0.3) is 0 Å². The first-order chi connectivity index (χ1) is 8.20. The summed E-state index contributed by atoms with van der Waals surface area (Å²) in [7, 11) is 0. The van der Waals surface area contributed by atoms with Gasteiger partial charge in [-0.15, -0.1) is 10.2 Å². The minimum absolute atomic E-state index is 0.0868. The van der Waals surface area contributed by atoms with Gasteiger partial charge in [-0.3, -0.25) is 4.79 Å². The first kappa shape index (κ1) is 14.7. The van der Waals surface area contributed by atoms with E-state index in [4.69, 9.17) is 11.6 Å². The summed E-state index contributed by atoms with van der Waals surface area (Å²) < 4.78 is 0. The number of carbonyl (C=O) groups excluding carboxylic acids is 1. The Balaban J connectivity index is 2.65. The van der Waals surface area contributed by atoms with E-state index in [1.54, 1.807) is 0 Å². The van der Waals surface area contributed by atoms with Crippen molar-refractivity contribution in [3.05, 3.63) is 16.3 Å². The van der Waals surface area contributed by atoms with Crippen molar-refractivity contribution in [2.24, 2.45) is 0 Å². The summed E-state index contributed by atoms with van der Waals surface area (Å²) in [5, 5.41) is 14.0. The first-order valence-electron chi connectivity index (χ1n) is 5.75. The number of anilines is 1. The predicted molar refractivity (Wildman–Crippen MR) is 72.9 cm³/mol. The van der Waals surface area contributed by atoms with Crippen LogP contribution in [-0.2, 0) is 4.79 Å². The van der Waals surface area contributed by atoms with E-state index in [0.717, 1.165) is 11.1 Å². The lowest BCUT2D eigenvalue weighted by molar-refractivity contribution is -0.120. The zero-order valence-electron chi connectivity index (χ0n) is 11.4. The molecule has 0 aromatic carbocycles. The summed E-state index contributed by atoms with van der Waals surface area (Å²) in [5.41, 5.74) is 1.53. The SMILES string of the molecule is Cc1c(Cl)nnc(NCC(=O)NC(C)(C)C)c1C. The molecule has 100 valence electrons. The number of halogens is 1. The molecule has 1 heterocycles. The molecule has 0 atom stereocenters. The number of nitrogens with zero attached hydrogens (tertiary/aromatic N) is 2. The number of hydrogen-bond acceptors (Lipinski definition) is 4. The normalized spacial score (nSPS) is 11.2. The van der Waals surface area contributed by atoms with Crippen molar-refractivity contribution in [3.8, 4) is 0 Å². The highest BCUT2D eigenvalue weighted by atomic mass is 35.5. The van der Waals surface area contributed by atoms with E-state index in [2.05, 4.69) is 20.8 Å². The smallest absolute Gasteiger partial charge is 0.239 e. The van der Waals surface area contributed by atoms with Gasteiger partial charge in [-0.05, 0) is 45.7 Å². The van der Waals surface area contributed by atoms with Gasteiger partial charge < -0.3 is 10.6 Å². The lowest BCUT2D eigenvalue weighted by Crippen LogP contribution is -2.43. The van der Waals surface area contributed by atoms with Crippen LogP contribution in [-0.4, -0.2) is 28.2 Å². The van der Waals surface area contributed by atoms with Gasteiger partial charge in [-0.1, -0.05) is 11.6 Å². The Hall–Kier alpha value is -1.36. The largest absolute Gasteiger partial charge is 0.359 e. The van der Waals surface area contributed by atoms with E-state index in [1.807, 2.05) is 34.6 Å². The predicted octanol–water partition coefficient (Wildman–Crippen LogP) is 2.07. The van der Waals surface area contributed by atoms with Gasteiger partial charge in [0.1, 0.15) is 0 Å². The molecular weight excluding hydrogens is 252 g/mol. The second kappa shape index (κ2) is 5.52. The Kier molecular flexibility index (Phi) is 4.51. The van der Waals surface area contributed by atoms with Gasteiger partial charge in [-0.25, -0.2) is 0 Å². The molecule has 0 aliphatic heterocycles. The molecule has 0 aliphatic rings. The van der Waals surface area contributed by atoms with Crippen molar-refractivity contribution in [1.82, 2.24) is 15.5 Å². The Morgan fingerprint density at radius 2 is 1.83 bits per heavy atom. The molecule has 1 aromatic heterocycles. The topological polar surface area (TPSA) is 66.9 Å². The van der Waals surface area contributed by atoms with E-state index < -0.39 is 0 Å². The van der Waals surface area contributed by atoms with Crippen LogP contribution >= 0.6 is 11.6 Å². The lowest BCUT2D eigenvalue weighted by atomic mass is 10.1. The number of aromatic nitrogens is 2. The molecule has 0 fully saturated rings. The quantitative estimate of drug-likeness (QED) is 0.882. The van der Waals surface area contributed by atoms with Crippen LogP contribution in [0, 0.1) is 13.8 Å². The summed E-state index contributed by atoms with van der Waals surface area (Å²) in [4.78, 5) is 11.6. The van der Waals surface area contributed by atoms with Gasteiger partial charge in [0, 0.05) is 5.54 Å². The van der Waals surface area contributed by atoms with Crippen LogP contribution < -0.4 is 10.6 Å². The number of hydrogen-bond donors (Lipinski definition) is 2.